The summed E-state index contributed by atoms with van der Waals surface area (Å²) in [5.74, 6) is -1.26. The Kier molecular flexibility index (Phi) is 6.19. The van der Waals surface area contributed by atoms with E-state index in [4.69, 9.17) is 10.8 Å². The van der Waals surface area contributed by atoms with Gasteiger partial charge in [0.05, 0.1) is 0 Å². The highest BCUT2D eigenvalue weighted by molar-refractivity contribution is 5.95. The Labute approximate surface area is 122 Å². The first-order valence-corrected chi connectivity index (χ1v) is 6.58. The summed E-state index contributed by atoms with van der Waals surface area (Å²) < 4.78 is 0. The van der Waals surface area contributed by atoms with E-state index in [-0.39, 0.29) is 18.2 Å². The third-order valence-corrected chi connectivity index (χ3v) is 3.01. The van der Waals surface area contributed by atoms with Gasteiger partial charge in [-0.15, -0.1) is 0 Å². The van der Waals surface area contributed by atoms with Gasteiger partial charge in [0.1, 0.15) is 0 Å². The predicted octanol–water partition coefficient (Wildman–Crippen LogP) is 1.41. The number of hydrogen-bond donors (Lipinski definition) is 4. The second kappa shape index (κ2) is 7.88. The number of rotatable bonds is 7. The van der Waals surface area contributed by atoms with E-state index in [2.05, 4.69) is 10.6 Å². The van der Waals surface area contributed by atoms with Crippen molar-refractivity contribution >= 4 is 23.6 Å². The number of urea groups is 1. The van der Waals surface area contributed by atoms with Gasteiger partial charge in [-0.3, -0.25) is 9.59 Å². The molecule has 1 unspecified atom stereocenters. The van der Waals surface area contributed by atoms with E-state index < -0.39 is 12.0 Å². The maximum atomic E-state index is 11.9. The van der Waals surface area contributed by atoms with Gasteiger partial charge in [0, 0.05) is 24.2 Å². The molecule has 0 fully saturated rings. The van der Waals surface area contributed by atoms with Crippen LogP contribution in [0.15, 0.2) is 24.3 Å². The molecule has 1 aromatic rings. The first kappa shape index (κ1) is 16.5. The molecular formula is C14H19N3O4. The molecule has 7 nitrogen and oxygen atoms in total. The fourth-order valence-electron chi connectivity index (χ4n) is 1.79. The van der Waals surface area contributed by atoms with E-state index in [0.717, 1.165) is 0 Å². The number of carboxylic acids is 1. The first-order chi connectivity index (χ1) is 9.92. The zero-order chi connectivity index (χ0) is 15.8. The molecule has 0 spiro atoms. The minimum Gasteiger partial charge on any atom is -0.481 e. The van der Waals surface area contributed by atoms with Crippen molar-refractivity contribution in [1.82, 2.24) is 5.32 Å². The maximum absolute atomic E-state index is 11.9. The zero-order valence-electron chi connectivity index (χ0n) is 11.8. The van der Waals surface area contributed by atoms with Gasteiger partial charge >= 0.3 is 12.0 Å². The van der Waals surface area contributed by atoms with Crippen molar-refractivity contribution in [2.24, 2.45) is 11.7 Å². The molecule has 0 saturated carbocycles. The summed E-state index contributed by atoms with van der Waals surface area (Å²) in [5, 5.41) is 13.8. The SMILES string of the molecule is CCC(CNC(=O)c1ccc(NC(N)=O)cc1)CC(=O)O. The maximum Gasteiger partial charge on any atom is 0.316 e. The fraction of sp³-hybridized carbons (Fsp3) is 0.357. The first-order valence-electron chi connectivity index (χ1n) is 6.58. The number of anilines is 1. The predicted molar refractivity (Wildman–Crippen MR) is 78.0 cm³/mol. The number of benzene rings is 1. The van der Waals surface area contributed by atoms with Crippen molar-refractivity contribution in [1.29, 1.82) is 0 Å². The second-order valence-corrected chi connectivity index (χ2v) is 4.65. The Morgan fingerprint density at radius 3 is 2.33 bits per heavy atom. The molecular weight excluding hydrogens is 274 g/mol. The van der Waals surface area contributed by atoms with E-state index in [1.165, 1.54) is 0 Å². The molecule has 0 aliphatic heterocycles. The summed E-state index contributed by atoms with van der Waals surface area (Å²) in [6.45, 7) is 2.19. The van der Waals surface area contributed by atoms with Gasteiger partial charge in [0.2, 0.25) is 0 Å². The topological polar surface area (TPSA) is 122 Å². The van der Waals surface area contributed by atoms with Crippen LogP contribution in [-0.4, -0.2) is 29.6 Å². The standard InChI is InChI=1S/C14H19N3O4/c1-2-9(7-12(18)19)8-16-13(20)10-3-5-11(6-4-10)17-14(15)21/h3-6,9H,2,7-8H2,1H3,(H,16,20)(H,18,19)(H3,15,17,21). The normalized spacial score (nSPS) is 11.5. The van der Waals surface area contributed by atoms with Crippen LogP contribution >= 0.6 is 0 Å². The van der Waals surface area contributed by atoms with E-state index in [9.17, 15) is 14.4 Å². The van der Waals surface area contributed by atoms with Gasteiger partial charge in [0.25, 0.3) is 5.91 Å². The van der Waals surface area contributed by atoms with E-state index in [0.29, 0.717) is 24.2 Å². The fourth-order valence-corrected chi connectivity index (χ4v) is 1.79. The molecule has 1 aromatic carbocycles. The van der Waals surface area contributed by atoms with Crippen LogP contribution in [-0.2, 0) is 4.79 Å². The van der Waals surface area contributed by atoms with Gasteiger partial charge in [-0.05, 0) is 30.2 Å². The highest BCUT2D eigenvalue weighted by Gasteiger charge is 2.13. The number of primary amides is 1. The van der Waals surface area contributed by atoms with Crippen LogP contribution in [0.4, 0.5) is 10.5 Å². The van der Waals surface area contributed by atoms with E-state index >= 15 is 0 Å². The largest absolute Gasteiger partial charge is 0.481 e. The number of aliphatic carboxylic acids is 1. The average molecular weight is 293 g/mol. The lowest BCUT2D eigenvalue weighted by molar-refractivity contribution is -0.138. The molecule has 7 heteroatoms. The monoisotopic (exact) mass is 293 g/mol. The Morgan fingerprint density at radius 1 is 1.24 bits per heavy atom. The lowest BCUT2D eigenvalue weighted by Gasteiger charge is -2.13. The van der Waals surface area contributed by atoms with Gasteiger partial charge < -0.3 is 21.5 Å². The summed E-state index contributed by atoms with van der Waals surface area (Å²) in [4.78, 5) is 33.2. The molecule has 0 aromatic heterocycles. The summed E-state index contributed by atoms with van der Waals surface area (Å²) in [6, 6.07) is 5.56. The molecule has 0 saturated heterocycles. The Hall–Kier alpha value is -2.57. The van der Waals surface area contributed by atoms with Crippen LogP contribution in [0, 0.1) is 5.92 Å². The minimum absolute atomic E-state index is 0.0260. The van der Waals surface area contributed by atoms with Gasteiger partial charge in [0.15, 0.2) is 0 Å². The van der Waals surface area contributed by atoms with E-state index in [1.807, 2.05) is 6.92 Å². The third kappa shape index (κ3) is 5.94. The summed E-state index contributed by atoms with van der Waals surface area (Å²) in [5.41, 5.74) is 5.90. The Bertz CT molecular complexity index is 513. The van der Waals surface area contributed by atoms with Crippen molar-refractivity contribution in [2.75, 3.05) is 11.9 Å². The van der Waals surface area contributed by atoms with Crippen molar-refractivity contribution in [3.8, 4) is 0 Å². The molecule has 0 radical (unpaired) electrons. The quantitative estimate of drug-likeness (QED) is 0.607. The molecule has 0 bridgehead atoms. The molecule has 1 rings (SSSR count). The Balaban J connectivity index is 2.55. The highest BCUT2D eigenvalue weighted by Crippen LogP contribution is 2.10. The van der Waals surface area contributed by atoms with Crippen molar-refractivity contribution in [3.05, 3.63) is 29.8 Å². The number of carboxylic acid groups (broad SMARTS) is 1. The average Bonchev–Trinajstić information content (AvgIpc) is 2.42. The number of nitrogens with two attached hydrogens (primary N) is 1. The van der Waals surface area contributed by atoms with Gasteiger partial charge in [-0.2, -0.15) is 0 Å². The minimum atomic E-state index is -0.877. The molecule has 5 N–H and O–H groups in total. The highest BCUT2D eigenvalue weighted by atomic mass is 16.4. The number of carbonyl (C=O) groups excluding carboxylic acids is 2. The van der Waals surface area contributed by atoms with Crippen LogP contribution in [0.2, 0.25) is 0 Å². The van der Waals surface area contributed by atoms with Crippen molar-refractivity contribution in [2.45, 2.75) is 19.8 Å². The molecule has 0 aliphatic carbocycles. The smallest absolute Gasteiger partial charge is 0.316 e. The molecule has 0 aliphatic rings. The lowest BCUT2D eigenvalue weighted by Crippen LogP contribution is -2.30. The lowest BCUT2D eigenvalue weighted by atomic mass is 10.0. The number of carbonyl (C=O) groups is 3. The number of hydrogen-bond acceptors (Lipinski definition) is 3. The van der Waals surface area contributed by atoms with Crippen molar-refractivity contribution < 1.29 is 19.5 Å². The Morgan fingerprint density at radius 2 is 1.86 bits per heavy atom. The van der Waals surface area contributed by atoms with Crippen LogP contribution in [0.1, 0.15) is 30.1 Å². The third-order valence-electron chi connectivity index (χ3n) is 3.01. The molecule has 1 atom stereocenters. The number of nitrogens with one attached hydrogen (secondary N) is 2. The molecule has 0 heterocycles. The summed E-state index contributed by atoms with van der Waals surface area (Å²) >= 11 is 0. The molecule has 114 valence electrons. The molecule has 3 amide bonds. The van der Waals surface area contributed by atoms with Crippen molar-refractivity contribution in [3.63, 3.8) is 0 Å². The summed E-state index contributed by atoms with van der Waals surface area (Å²) in [7, 11) is 0. The van der Waals surface area contributed by atoms with Gasteiger partial charge in [-0.1, -0.05) is 13.3 Å². The van der Waals surface area contributed by atoms with Crippen LogP contribution in [0.3, 0.4) is 0 Å². The van der Waals surface area contributed by atoms with Crippen LogP contribution in [0.5, 0.6) is 0 Å². The summed E-state index contributed by atoms with van der Waals surface area (Å²) in [6.07, 6.45) is 0.701. The van der Waals surface area contributed by atoms with Crippen LogP contribution < -0.4 is 16.4 Å². The van der Waals surface area contributed by atoms with Gasteiger partial charge in [-0.25, -0.2) is 4.79 Å². The van der Waals surface area contributed by atoms with E-state index in [1.54, 1.807) is 24.3 Å². The zero-order valence-corrected chi connectivity index (χ0v) is 11.8. The van der Waals surface area contributed by atoms with Crippen LogP contribution in [0.25, 0.3) is 0 Å². The number of amides is 3. The second-order valence-electron chi connectivity index (χ2n) is 4.65. The molecule has 21 heavy (non-hydrogen) atoms.